The molecule has 0 aromatic heterocycles. The molecule has 0 radical (unpaired) electrons. The SMILES string of the molecule is COCc1cc(CN=C(N)N2CCCCCC2)ccc1F. The van der Waals surface area contributed by atoms with Crippen molar-refractivity contribution in [1.82, 2.24) is 4.90 Å². The predicted octanol–water partition coefficient (Wildman–Crippen LogP) is 2.66. The molecule has 2 rings (SSSR count). The monoisotopic (exact) mass is 293 g/mol. The summed E-state index contributed by atoms with van der Waals surface area (Å²) in [7, 11) is 1.56. The summed E-state index contributed by atoms with van der Waals surface area (Å²) in [5, 5.41) is 0. The first-order chi connectivity index (χ1) is 10.2. The first-order valence-electron chi connectivity index (χ1n) is 7.52. The van der Waals surface area contributed by atoms with Crippen molar-refractivity contribution in [3.63, 3.8) is 0 Å². The van der Waals surface area contributed by atoms with E-state index < -0.39 is 0 Å². The van der Waals surface area contributed by atoms with Gasteiger partial charge in [-0.05, 0) is 30.5 Å². The molecule has 0 bridgehead atoms. The van der Waals surface area contributed by atoms with Gasteiger partial charge in [0, 0.05) is 25.8 Å². The van der Waals surface area contributed by atoms with E-state index in [1.54, 1.807) is 19.2 Å². The van der Waals surface area contributed by atoms with E-state index in [4.69, 9.17) is 10.5 Å². The zero-order valence-electron chi connectivity index (χ0n) is 12.6. The highest BCUT2D eigenvalue weighted by Crippen LogP contribution is 2.13. The second kappa shape index (κ2) is 7.98. The Morgan fingerprint density at radius 3 is 2.67 bits per heavy atom. The molecule has 0 saturated carbocycles. The van der Waals surface area contributed by atoms with Crippen molar-refractivity contribution in [3.8, 4) is 0 Å². The van der Waals surface area contributed by atoms with Gasteiger partial charge in [0.25, 0.3) is 0 Å². The standard InChI is InChI=1S/C16H24FN3O/c1-21-12-14-10-13(6-7-15(14)17)11-19-16(18)20-8-4-2-3-5-9-20/h6-7,10H,2-5,8-9,11-12H2,1H3,(H2,18,19). The molecule has 0 atom stereocenters. The molecule has 0 amide bonds. The quantitative estimate of drug-likeness (QED) is 0.686. The smallest absolute Gasteiger partial charge is 0.191 e. The summed E-state index contributed by atoms with van der Waals surface area (Å²) in [6, 6.07) is 4.99. The predicted molar refractivity (Wildman–Crippen MR) is 82.5 cm³/mol. The van der Waals surface area contributed by atoms with Crippen molar-refractivity contribution in [2.45, 2.75) is 38.8 Å². The molecule has 1 aliphatic heterocycles. The van der Waals surface area contributed by atoms with Gasteiger partial charge in [0.1, 0.15) is 5.82 Å². The highest BCUT2D eigenvalue weighted by Gasteiger charge is 2.11. The highest BCUT2D eigenvalue weighted by atomic mass is 19.1. The van der Waals surface area contributed by atoms with Gasteiger partial charge in [0.2, 0.25) is 0 Å². The first-order valence-corrected chi connectivity index (χ1v) is 7.52. The Kier molecular flexibility index (Phi) is 5.99. The molecule has 1 aromatic carbocycles. The second-order valence-electron chi connectivity index (χ2n) is 5.43. The fourth-order valence-electron chi connectivity index (χ4n) is 2.56. The van der Waals surface area contributed by atoms with Crippen LogP contribution in [0.1, 0.15) is 36.8 Å². The summed E-state index contributed by atoms with van der Waals surface area (Å²) in [5.74, 6) is 0.347. The van der Waals surface area contributed by atoms with Crippen molar-refractivity contribution < 1.29 is 9.13 Å². The maximum absolute atomic E-state index is 13.5. The molecule has 2 N–H and O–H groups in total. The van der Waals surface area contributed by atoms with Gasteiger partial charge in [0.05, 0.1) is 13.2 Å². The highest BCUT2D eigenvalue weighted by molar-refractivity contribution is 5.78. The lowest BCUT2D eigenvalue weighted by Crippen LogP contribution is -2.38. The maximum atomic E-state index is 13.5. The Balaban J connectivity index is 2.00. The minimum Gasteiger partial charge on any atom is -0.380 e. The molecule has 0 aliphatic carbocycles. The van der Waals surface area contributed by atoms with Crippen LogP contribution in [0.5, 0.6) is 0 Å². The van der Waals surface area contributed by atoms with Crippen molar-refractivity contribution >= 4 is 5.96 Å². The number of guanidine groups is 1. The molecule has 1 saturated heterocycles. The molecule has 5 heteroatoms. The van der Waals surface area contributed by atoms with Crippen LogP contribution in [0, 0.1) is 5.82 Å². The van der Waals surface area contributed by atoms with Crippen LogP contribution in [-0.4, -0.2) is 31.1 Å². The Hall–Kier alpha value is -1.62. The third-order valence-electron chi connectivity index (χ3n) is 3.76. The number of nitrogens with zero attached hydrogens (tertiary/aromatic N) is 2. The zero-order chi connectivity index (χ0) is 15.1. The van der Waals surface area contributed by atoms with Crippen molar-refractivity contribution in [1.29, 1.82) is 0 Å². The molecule has 0 unspecified atom stereocenters. The summed E-state index contributed by atoms with van der Waals surface area (Å²) < 4.78 is 18.5. The summed E-state index contributed by atoms with van der Waals surface area (Å²) >= 11 is 0. The largest absolute Gasteiger partial charge is 0.380 e. The van der Waals surface area contributed by atoms with Crippen LogP contribution in [0.15, 0.2) is 23.2 Å². The van der Waals surface area contributed by atoms with E-state index in [0.29, 0.717) is 18.1 Å². The van der Waals surface area contributed by atoms with Crippen molar-refractivity contribution in [3.05, 3.63) is 35.1 Å². The molecule has 1 fully saturated rings. The number of ether oxygens (including phenoxy) is 1. The van der Waals surface area contributed by atoms with Gasteiger partial charge in [-0.2, -0.15) is 0 Å². The van der Waals surface area contributed by atoms with Gasteiger partial charge in [-0.3, -0.25) is 0 Å². The molecule has 1 heterocycles. The average Bonchev–Trinajstić information content (AvgIpc) is 2.77. The van der Waals surface area contributed by atoms with Gasteiger partial charge < -0.3 is 15.4 Å². The average molecular weight is 293 g/mol. The van der Waals surface area contributed by atoms with Crippen molar-refractivity contribution in [2.24, 2.45) is 10.7 Å². The second-order valence-corrected chi connectivity index (χ2v) is 5.43. The normalized spacial score (nSPS) is 16.9. The minimum absolute atomic E-state index is 0.245. The van der Waals surface area contributed by atoms with Crippen LogP contribution in [0.2, 0.25) is 0 Å². The van der Waals surface area contributed by atoms with Gasteiger partial charge in [-0.25, -0.2) is 9.38 Å². The molecule has 21 heavy (non-hydrogen) atoms. The number of aliphatic imine (C=N–C) groups is 1. The number of methoxy groups -OCH3 is 1. The molecule has 116 valence electrons. The number of benzene rings is 1. The lowest BCUT2D eigenvalue weighted by atomic mass is 10.1. The summed E-state index contributed by atoms with van der Waals surface area (Å²) in [6.45, 7) is 2.70. The van der Waals surface area contributed by atoms with Crippen LogP contribution < -0.4 is 5.73 Å². The number of halogens is 1. The molecule has 1 aromatic rings. The van der Waals surface area contributed by atoms with E-state index in [-0.39, 0.29) is 12.4 Å². The Morgan fingerprint density at radius 1 is 1.29 bits per heavy atom. The van der Waals surface area contributed by atoms with E-state index in [2.05, 4.69) is 9.89 Å². The van der Waals surface area contributed by atoms with Gasteiger partial charge in [-0.15, -0.1) is 0 Å². The molecular weight excluding hydrogens is 269 g/mol. The third kappa shape index (κ3) is 4.70. The molecule has 0 spiro atoms. The number of hydrogen-bond acceptors (Lipinski definition) is 2. The van der Waals surface area contributed by atoms with E-state index in [1.807, 2.05) is 0 Å². The van der Waals surface area contributed by atoms with Crippen LogP contribution in [-0.2, 0) is 17.9 Å². The summed E-state index contributed by atoms with van der Waals surface area (Å²) in [5.41, 5.74) is 7.57. The van der Waals surface area contributed by atoms with Gasteiger partial charge in [-0.1, -0.05) is 18.9 Å². The lowest BCUT2D eigenvalue weighted by Gasteiger charge is -2.21. The fourth-order valence-corrected chi connectivity index (χ4v) is 2.56. The first kappa shape index (κ1) is 15.8. The number of nitrogens with two attached hydrogens (primary N) is 1. The Labute approximate surface area is 125 Å². The van der Waals surface area contributed by atoms with Gasteiger partial charge >= 0.3 is 0 Å². The van der Waals surface area contributed by atoms with Crippen molar-refractivity contribution in [2.75, 3.05) is 20.2 Å². The van der Waals surface area contributed by atoms with Crippen LogP contribution in [0.3, 0.4) is 0 Å². The lowest BCUT2D eigenvalue weighted by molar-refractivity contribution is 0.181. The number of rotatable bonds is 4. The zero-order valence-corrected chi connectivity index (χ0v) is 12.6. The summed E-state index contributed by atoms with van der Waals surface area (Å²) in [6.07, 6.45) is 4.87. The van der Waals surface area contributed by atoms with Gasteiger partial charge in [0.15, 0.2) is 5.96 Å². The molecule has 4 nitrogen and oxygen atoms in total. The fraction of sp³-hybridized carbons (Fsp3) is 0.562. The Morgan fingerprint density at radius 2 is 2.00 bits per heavy atom. The molecule has 1 aliphatic rings. The molecular formula is C16H24FN3O. The Bertz CT molecular complexity index is 482. The number of hydrogen-bond donors (Lipinski definition) is 1. The third-order valence-corrected chi connectivity index (χ3v) is 3.76. The van der Waals surface area contributed by atoms with E-state index >= 15 is 0 Å². The topological polar surface area (TPSA) is 50.9 Å². The van der Waals surface area contributed by atoms with Crippen LogP contribution in [0.4, 0.5) is 4.39 Å². The maximum Gasteiger partial charge on any atom is 0.191 e. The van der Waals surface area contributed by atoms with Crippen LogP contribution >= 0.6 is 0 Å². The minimum atomic E-state index is -0.245. The van der Waals surface area contributed by atoms with E-state index in [9.17, 15) is 4.39 Å². The summed E-state index contributed by atoms with van der Waals surface area (Å²) in [4.78, 5) is 6.59. The van der Waals surface area contributed by atoms with E-state index in [0.717, 1.165) is 18.7 Å². The van der Waals surface area contributed by atoms with E-state index in [1.165, 1.54) is 31.7 Å². The number of likely N-dealkylation sites (tertiary alicyclic amines) is 1. The van der Waals surface area contributed by atoms with Crippen LogP contribution in [0.25, 0.3) is 0 Å².